The maximum absolute atomic E-state index is 11.9. The van der Waals surface area contributed by atoms with Gasteiger partial charge in [0.15, 0.2) is 5.78 Å². The molecule has 0 aliphatic heterocycles. The maximum atomic E-state index is 11.9. The van der Waals surface area contributed by atoms with Crippen molar-refractivity contribution in [3.8, 4) is 5.75 Å². The van der Waals surface area contributed by atoms with Crippen molar-refractivity contribution in [3.05, 3.63) is 28.8 Å². The van der Waals surface area contributed by atoms with E-state index in [0.29, 0.717) is 17.0 Å². The quantitative estimate of drug-likeness (QED) is 0.723. The van der Waals surface area contributed by atoms with E-state index < -0.39 is 6.86 Å². The molecule has 0 spiro atoms. The van der Waals surface area contributed by atoms with Gasteiger partial charge in [0.2, 0.25) is 6.86 Å². The summed E-state index contributed by atoms with van der Waals surface area (Å²) in [5.41, 5.74) is 0.486. The van der Waals surface area contributed by atoms with Crippen molar-refractivity contribution in [2.45, 2.75) is 13.3 Å². The lowest BCUT2D eigenvalue weighted by Gasteiger charge is -2.05. The molecule has 1 rings (SSSR count). The Labute approximate surface area is 86.6 Å². The second-order valence-electron chi connectivity index (χ2n) is 2.68. The van der Waals surface area contributed by atoms with E-state index in [1.165, 1.54) is 12.1 Å². The van der Waals surface area contributed by atoms with Crippen LogP contribution in [-0.4, -0.2) is 12.6 Å². The first-order chi connectivity index (χ1) is 6.69. The van der Waals surface area contributed by atoms with Crippen molar-refractivity contribution in [3.63, 3.8) is 0 Å². The summed E-state index contributed by atoms with van der Waals surface area (Å²) in [6.07, 6.45) is 0.400. The summed E-state index contributed by atoms with van der Waals surface area (Å²) in [6, 6.07) is 4.57. The summed E-state index contributed by atoms with van der Waals surface area (Å²) >= 11 is 5.72. The lowest BCUT2D eigenvalue weighted by atomic mass is 10.1. The number of rotatable bonds is 4. The molecule has 0 unspecified atom stereocenters. The molecule has 0 bridgehead atoms. The minimum absolute atomic E-state index is 0.0228. The predicted octanol–water partition coefficient (Wildman–Crippen LogP) is 3.24. The third-order valence-corrected chi connectivity index (χ3v) is 2.10. The van der Waals surface area contributed by atoms with Gasteiger partial charge in [-0.25, -0.2) is 4.39 Å². The predicted molar refractivity (Wildman–Crippen MR) is 52.7 cm³/mol. The van der Waals surface area contributed by atoms with Crippen LogP contribution in [0.4, 0.5) is 4.39 Å². The second-order valence-corrected chi connectivity index (χ2v) is 3.08. The molecule has 0 saturated heterocycles. The highest BCUT2D eigenvalue weighted by atomic mass is 35.5. The van der Waals surface area contributed by atoms with Gasteiger partial charge >= 0.3 is 0 Å². The average molecular weight is 217 g/mol. The van der Waals surface area contributed by atoms with E-state index in [1.807, 2.05) is 0 Å². The minimum Gasteiger partial charge on any atom is -0.461 e. The number of hydrogen-bond acceptors (Lipinski definition) is 2. The number of hydrogen-bond donors (Lipinski definition) is 0. The first-order valence-electron chi connectivity index (χ1n) is 4.20. The van der Waals surface area contributed by atoms with Crippen LogP contribution >= 0.6 is 11.6 Å². The summed E-state index contributed by atoms with van der Waals surface area (Å²) in [5, 5.41) is 0.301. The fraction of sp³-hybridized carbons (Fsp3) is 0.300. The zero-order valence-electron chi connectivity index (χ0n) is 7.72. The van der Waals surface area contributed by atoms with Crippen LogP contribution in [0.3, 0.4) is 0 Å². The van der Waals surface area contributed by atoms with Crippen LogP contribution in [0.1, 0.15) is 23.7 Å². The fourth-order valence-electron chi connectivity index (χ4n) is 1.05. The lowest BCUT2D eigenvalue weighted by molar-refractivity contribution is 0.0987. The Kier molecular flexibility index (Phi) is 3.89. The van der Waals surface area contributed by atoms with Crippen molar-refractivity contribution >= 4 is 17.4 Å². The highest BCUT2D eigenvalue weighted by Crippen LogP contribution is 2.26. The third-order valence-electron chi connectivity index (χ3n) is 1.78. The molecule has 0 saturated carbocycles. The van der Waals surface area contributed by atoms with Crippen molar-refractivity contribution in [1.29, 1.82) is 0 Å². The van der Waals surface area contributed by atoms with Crippen molar-refractivity contribution in [2.24, 2.45) is 0 Å². The number of benzene rings is 1. The lowest BCUT2D eigenvalue weighted by Crippen LogP contribution is -1.98. The molecule has 0 aromatic heterocycles. The van der Waals surface area contributed by atoms with Gasteiger partial charge in [0.05, 0.1) is 5.02 Å². The summed E-state index contributed by atoms with van der Waals surface area (Å²) in [6.45, 7) is 0.802. The number of halogens is 2. The van der Waals surface area contributed by atoms with Gasteiger partial charge in [0.25, 0.3) is 0 Å². The summed E-state index contributed by atoms with van der Waals surface area (Å²) in [5.74, 6) is 0.179. The standard InChI is InChI=1S/C10H10ClFO2/c1-2-9(13)7-3-4-8(11)10(5-7)14-6-12/h3-5H,2,6H2,1H3. The molecule has 0 aliphatic carbocycles. The fourth-order valence-corrected chi connectivity index (χ4v) is 1.22. The molecule has 1 aromatic rings. The molecule has 0 radical (unpaired) electrons. The number of carbonyl (C=O) groups excluding carboxylic acids is 1. The molecule has 1 aromatic carbocycles. The average Bonchev–Trinajstić information content (AvgIpc) is 2.20. The number of carbonyl (C=O) groups is 1. The van der Waals surface area contributed by atoms with Gasteiger partial charge in [-0.1, -0.05) is 18.5 Å². The monoisotopic (exact) mass is 216 g/mol. The first-order valence-corrected chi connectivity index (χ1v) is 4.58. The van der Waals surface area contributed by atoms with Gasteiger partial charge in [-0.15, -0.1) is 0 Å². The highest BCUT2D eigenvalue weighted by molar-refractivity contribution is 6.32. The van der Waals surface area contributed by atoms with E-state index in [4.69, 9.17) is 11.6 Å². The minimum atomic E-state index is -0.955. The molecular weight excluding hydrogens is 207 g/mol. The smallest absolute Gasteiger partial charge is 0.228 e. The summed E-state index contributed by atoms with van der Waals surface area (Å²) < 4.78 is 16.5. The molecule has 0 amide bonds. The Hall–Kier alpha value is -1.09. The normalized spacial score (nSPS) is 9.93. The number of ketones is 1. The van der Waals surface area contributed by atoms with Crippen LogP contribution in [0, 0.1) is 0 Å². The number of alkyl halides is 1. The molecule has 0 atom stereocenters. The second kappa shape index (κ2) is 4.96. The molecule has 76 valence electrons. The molecule has 0 fully saturated rings. The van der Waals surface area contributed by atoms with Gasteiger partial charge in [0.1, 0.15) is 5.75 Å². The van der Waals surface area contributed by atoms with E-state index in [-0.39, 0.29) is 11.5 Å². The van der Waals surface area contributed by atoms with Gasteiger partial charge < -0.3 is 4.74 Å². The molecule has 14 heavy (non-hydrogen) atoms. The van der Waals surface area contributed by atoms with Gasteiger partial charge in [-0.05, 0) is 18.2 Å². The number of Topliss-reactive ketones (excluding diaryl/α,β-unsaturated/α-hetero) is 1. The molecular formula is C10H10ClFO2. The van der Waals surface area contributed by atoms with Crippen LogP contribution in [0.15, 0.2) is 18.2 Å². The highest BCUT2D eigenvalue weighted by Gasteiger charge is 2.07. The zero-order valence-corrected chi connectivity index (χ0v) is 8.47. The summed E-state index contributed by atoms with van der Waals surface area (Å²) in [7, 11) is 0. The Morgan fingerprint density at radius 2 is 2.29 bits per heavy atom. The van der Waals surface area contributed by atoms with Crippen molar-refractivity contribution in [1.82, 2.24) is 0 Å². The van der Waals surface area contributed by atoms with E-state index in [2.05, 4.69) is 4.74 Å². The Bertz CT molecular complexity index is 339. The molecule has 0 aliphatic rings. The molecule has 0 heterocycles. The topological polar surface area (TPSA) is 26.3 Å². The SMILES string of the molecule is CCC(=O)c1ccc(Cl)c(OCF)c1. The molecule has 0 N–H and O–H groups in total. The van der Waals surface area contributed by atoms with Crippen LogP contribution in [0.2, 0.25) is 5.02 Å². The summed E-state index contributed by atoms with van der Waals surface area (Å²) in [4.78, 5) is 11.3. The van der Waals surface area contributed by atoms with Crippen LogP contribution < -0.4 is 4.74 Å². The van der Waals surface area contributed by atoms with Crippen LogP contribution in [0.25, 0.3) is 0 Å². The van der Waals surface area contributed by atoms with E-state index >= 15 is 0 Å². The Morgan fingerprint density at radius 1 is 1.57 bits per heavy atom. The van der Waals surface area contributed by atoms with Gasteiger partial charge in [-0.3, -0.25) is 4.79 Å². The largest absolute Gasteiger partial charge is 0.461 e. The van der Waals surface area contributed by atoms with E-state index in [9.17, 15) is 9.18 Å². The zero-order chi connectivity index (χ0) is 10.6. The van der Waals surface area contributed by atoms with Crippen LogP contribution in [-0.2, 0) is 0 Å². The number of ether oxygens (including phenoxy) is 1. The maximum Gasteiger partial charge on any atom is 0.228 e. The van der Waals surface area contributed by atoms with Crippen molar-refractivity contribution < 1.29 is 13.9 Å². The Balaban J connectivity index is 2.99. The Morgan fingerprint density at radius 3 is 2.86 bits per heavy atom. The first kappa shape index (κ1) is 11.0. The third kappa shape index (κ3) is 2.45. The molecule has 4 heteroatoms. The van der Waals surface area contributed by atoms with E-state index in [1.54, 1.807) is 13.0 Å². The van der Waals surface area contributed by atoms with E-state index in [0.717, 1.165) is 0 Å². The molecule has 2 nitrogen and oxygen atoms in total. The van der Waals surface area contributed by atoms with Gasteiger partial charge in [0, 0.05) is 12.0 Å². The van der Waals surface area contributed by atoms with Gasteiger partial charge in [-0.2, -0.15) is 0 Å². The van der Waals surface area contributed by atoms with Crippen LogP contribution in [0.5, 0.6) is 5.75 Å². The van der Waals surface area contributed by atoms with Crippen molar-refractivity contribution in [2.75, 3.05) is 6.86 Å².